The number of carbonyl (C=O) groups is 2. The zero-order chi connectivity index (χ0) is 17.7. The highest BCUT2D eigenvalue weighted by Gasteiger charge is 2.35. The third-order valence-corrected chi connectivity index (χ3v) is 2.65. The van der Waals surface area contributed by atoms with Crippen molar-refractivity contribution in [2.24, 2.45) is 0 Å². The average Bonchev–Trinajstić information content (AvgIpc) is 2.94. The van der Waals surface area contributed by atoms with E-state index in [4.69, 9.17) is 0 Å². The van der Waals surface area contributed by atoms with E-state index in [0.717, 1.165) is 6.08 Å². The van der Waals surface area contributed by atoms with Crippen LogP contribution < -0.4 is 10.6 Å². The summed E-state index contributed by atoms with van der Waals surface area (Å²) in [6.45, 7) is 1.38. The molecule has 0 bridgehead atoms. The van der Waals surface area contributed by atoms with E-state index < -0.39 is 23.9 Å². The van der Waals surface area contributed by atoms with E-state index in [9.17, 15) is 22.8 Å². The first-order valence-corrected chi connectivity index (χ1v) is 6.60. The van der Waals surface area contributed by atoms with Gasteiger partial charge in [-0.1, -0.05) is 12.1 Å². The maximum absolute atomic E-state index is 12.3. The number of rotatable bonds is 4. The van der Waals surface area contributed by atoms with Crippen molar-refractivity contribution in [2.45, 2.75) is 13.1 Å². The van der Waals surface area contributed by atoms with E-state index in [1.54, 1.807) is 29.4 Å². The van der Waals surface area contributed by atoms with Crippen LogP contribution in [0.25, 0.3) is 6.08 Å². The van der Waals surface area contributed by atoms with Gasteiger partial charge in [0.15, 0.2) is 0 Å². The van der Waals surface area contributed by atoms with Crippen LogP contribution in [0.2, 0.25) is 0 Å². The molecule has 1 heterocycles. The predicted molar refractivity (Wildman–Crippen MR) is 79.8 cm³/mol. The fourth-order valence-corrected chi connectivity index (χ4v) is 1.65. The molecule has 0 spiro atoms. The summed E-state index contributed by atoms with van der Waals surface area (Å²) in [6.07, 6.45) is -2.09. The third kappa shape index (κ3) is 4.93. The van der Waals surface area contributed by atoms with Crippen LogP contribution in [0.3, 0.4) is 0 Å². The second kappa shape index (κ2) is 6.94. The van der Waals surface area contributed by atoms with Gasteiger partial charge in [-0.2, -0.15) is 18.2 Å². The molecule has 2 amide bonds. The van der Waals surface area contributed by atoms with Gasteiger partial charge in [0.2, 0.25) is 17.7 Å². The van der Waals surface area contributed by atoms with Crippen LogP contribution in [0.4, 0.5) is 24.8 Å². The molecule has 0 aliphatic rings. The first kappa shape index (κ1) is 17.2. The monoisotopic (exact) mass is 339 g/mol. The molecular weight excluding hydrogens is 327 g/mol. The van der Waals surface area contributed by atoms with Gasteiger partial charge in [-0.15, -0.1) is 5.10 Å². The molecule has 10 heteroatoms. The maximum Gasteiger partial charge on any atom is 0.451 e. The Kier molecular flexibility index (Phi) is 4.97. The number of halogens is 3. The molecule has 1 aromatic carbocycles. The SMILES string of the molecule is CC(=O)Nc1ccc(C=CC(=O)Nc2n[nH]c(C(F)(F)F)n2)cc1. The smallest absolute Gasteiger partial charge is 0.326 e. The molecule has 0 radical (unpaired) electrons. The minimum absolute atomic E-state index is 0.206. The minimum Gasteiger partial charge on any atom is -0.326 e. The van der Waals surface area contributed by atoms with Crippen LogP contribution in [0.5, 0.6) is 0 Å². The molecule has 0 aliphatic heterocycles. The Morgan fingerprint density at radius 3 is 2.38 bits per heavy atom. The zero-order valence-corrected chi connectivity index (χ0v) is 12.3. The summed E-state index contributed by atoms with van der Waals surface area (Å²) in [4.78, 5) is 25.6. The number of carbonyl (C=O) groups excluding carboxylic acids is 2. The van der Waals surface area contributed by atoms with E-state index in [1.165, 1.54) is 13.0 Å². The number of amides is 2. The Labute approximate surface area is 134 Å². The number of alkyl halides is 3. The van der Waals surface area contributed by atoms with Crippen molar-refractivity contribution in [3.05, 3.63) is 41.7 Å². The van der Waals surface area contributed by atoms with Crippen LogP contribution in [0.1, 0.15) is 18.3 Å². The van der Waals surface area contributed by atoms with Crippen molar-refractivity contribution in [1.29, 1.82) is 0 Å². The molecule has 2 rings (SSSR count). The standard InChI is InChI=1S/C14H12F3N5O2/c1-8(23)18-10-5-2-9(3-6-10)4-7-11(24)19-13-20-12(21-22-13)14(15,16)17/h2-7H,1H3,(H,18,23)(H2,19,20,21,22,24). The van der Waals surface area contributed by atoms with Gasteiger partial charge in [-0.3, -0.25) is 20.0 Å². The first-order valence-electron chi connectivity index (χ1n) is 6.60. The van der Waals surface area contributed by atoms with Crippen LogP contribution in [-0.2, 0) is 15.8 Å². The average molecular weight is 339 g/mol. The summed E-state index contributed by atoms with van der Waals surface area (Å²) in [7, 11) is 0. The van der Waals surface area contributed by atoms with Gasteiger partial charge >= 0.3 is 6.18 Å². The van der Waals surface area contributed by atoms with E-state index in [1.807, 2.05) is 0 Å². The summed E-state index contributed by atoms with van der Waals surface area (Å²) in [6, 6.07) is 6.60. The molecule has 2 aromatic rings. The van der Waals surface area contributed by atoms with Gasteiger partial charge in [0.25, 0.3) is 5.91 Å². The Hall–Kier alpha value is -3.17. The molecule has 7 nitrogen and oxygen atoms in total. The van der Waals surface area contributed by atoms with E-state index in [0.29, 0.717) is 11.3 Å². The molecule has 1 aromatic heterocycles. The summed E-state index contributed by atoms with van der Waals surface area (Å²) < 4.78 is 37.0. The number of nitrogens with one attached hydrogen (secondary N) is 3. The van der Waals surface area contributed by atoms with E-state index >= 15 is 0 Å². The predicted octanol–water partition coefficient (Wildman–Crippen LogP) is 2.43. The van der Waals surface area contributed by atoms with Gasteiger partial charge < -0.3 is 5.32 Å². The molecule has 0 saturated heterocycles. The second-order valence-corrected chi connectivity index (χ2v) is 4.63. The summed E-state index contributed by atoms with van der Waals surface area (Å²) in [5.74, 6) is -2.66. The zero-order valence-electron chi connectivity index (χ0n) is 12.3. The number of H-pyrrole nitrogens is 1. The molecule has 0 fully saturated rings. The van der Waals surface area contributed by atoms with E-state index in [-0.39, 0.29) is 5.91 Å². The highest BCUT2D eigenvalue weighted by atomic mass is 19.4. The highest BCUT2D eigenvalue weighted by Crippen LogP contribution is 2.26. The molecule has 0 aliphatic carbocycles. The Balaban J connectivity index is 1.95. The summed E-state index contributed by atoms with van der Waals surface area (Å²) in [5, 5.41) is 9.64. The Morgan fingerprint density at radius 1 is 1.17 bits per heavy atom. The molecule has 3 N–H and O–H groups in total. The summed E-state index contributed by atoms with van der Waals surface area (Å²) >= 11 is 0. The van der Waals surface area contributed by atoms with Gasteiger partial charge in [0, 0.05) is 18.7 Å². The number of hydrogen-bond donors (Lipinski definition) is 3. The molecule has 24 heavy (non-hydrogen) atoms. The van der Waals surface area contributed by atoms with Crippen LogP contribution in [-0.4, -0.2) is 27.0 Å². The first-order chi connectivity index (χ1) is 11.2. The van der Waals surface area contributed by atoms with Gasteiger partial charge in [-0.25, -0.2) is 0 Å². The van der Waals surface area contributed by atoms with Crippen molar-refractivity contribution >= 4 is 29.5 Å². The maximum atomic E-state index is 12.3. The quantitative estimate of drug-likeness (QED) is 0.745. The molecule has 0 saturated carbocycles. The number of anilines is 2. The Morgan fingerprint density at radius 2 is 1.83 bits per heavy atom. The van der Waals surface area contributed by atoms with Gasteiger partial charge in [-0.05, 0) is 23.8 Å². The number of hydrogen-bond acceptors (Lipinski definition) is 4. The number of benzene rings is 1. The normalized spacial score (nSPS) is 11.5. The fourth-order valence-electron chi connectivity index (χ4n) is 1.65. The van der Waals surface area contributed by atoms with Crippen molar-refractivity contribution in [1.82, 2.24) is 15.2 Å². The lowest BCUT2D eigenvalue weighted by molar-refractivity contribution is -0.144. The van der Waals surface area contributed by atoms with Crippen LogP contribution in [0, 0.1) is 0 Å². The highest BCUT2D eigenvalue weighted by molar-refractivity contribution is 6.00. The lowest BCUT2D eigenvalue weighted by Crippen LogP contribution is -2.10. The van der Waals surface area contributed by atoms with Crippen LogP contribution >= 0.6 is 0 Å². The molecular formula is C14H12F3N5O2. The second-order valence-electron chi connectivity index (χ2n) is 4.63. The number of aromatic nitrogens is 3. The number of nitrogens with zero attached hydrogens (tertiary/aromatic N) is 2. The lowest BCUT2D eigenvalue weighted by Gasteiger charge is -2.01. The topological polar surface area (TPSA) is 99.8 Å². The van der Waals surface area contributed by atoms with Crippen LogP contribution in [0.15, 0.2) is 30.3 Å². The molecule has 126 valence electrons. The van der Waals surface area contributed by atoms with E-state index in [2.05, 4.69) is 20.7 Å². The van der Waals surface area contributed by atoms with Crippen molar-refractivity contribution < 1.29 is 22.8 Å². The molecule has 0 atom stereocenters. The Bertz CT molecular complexity index is 765. The van der Waals surface area contributed by atoms with Crippen molar-refractivity contribution in [3.63, 3.8) is 0 Å². The van der Waals surface area contributed by atoms with Gasteiger partial charge in [0.05, 0.1) is 0 Å². The molecule has 0 unspecified atom stereocenters. The summed E-state index contributed by atoms with van der Waals surface area (Å²) in [5.41, 5.74) is 1.26. The van der Waals surface area contributed by atoms with Crippen molar-refractivity contribution in [3.8, 4) is 0 Å². The minimum atomic E-state index is -4.67. The number of aromatic amines is 1. The van der Waals surface area contributed by atoms with Crippen molar-refractivity contribution in [2.75, 3.05) is 10.6 Å². The fraction of sp³-hybridized carbons (Fsp3) is 0.143. The lowest BCUT2D eigenvalue weighted by atomic mass is 10.2. The largest absolute Gasteiger partial charge is 0.451 e. The van der Waals surface area contributed by atoms with Gasteiger partial charge in [0.1, 0.15) is 0 Å². The third-order valence-electron chi connectivity index (χ3n) is 2.65.